The predicted octanol–water partition coefficient (Wildman–Crippen LogP) is 4.08. The van der Waals surface area contributed by atoms with E-state index in [1.807, 2.05) is 24.3 Å². The van der Waals surface area contributed by atoms with Crippen LogP contribution < -0.4 is 18.9 Å². The van der Waals surface area contributed by atoms with Crippen molar-refractivity contribution in [3.8, 4) is 33.6 Å². The Balaban J connectivity index is 1.99. The van der Waals surface area contributed by atoms with Crippen molar-refractivity contribution in [3.05, 3.63) is 53.0 Å². The van der Waals surface area contributed by atoms with E-state index in [1.165, 1.54) is 32.7 Å². The number of hydrogen-bond donors (Lipinski definition) is 0. The summed E-state index contributed by atoms with van der Waals surface area (Å²) in [5.74, 6) is 1.75. The van der Waals surface area contributed by atoms with E-state index in [0.717, 1.165) is 5.56 Å². The minimum atomic E-state index is -0.230. The molecule has 0 atom stereocenters. The molecule has 0 aliphatic heterocycles. The molecule has 0 aliphatic rings. The van der Waals surface area contributed by atoms with E-state index in [-0.39, 0.29) is 5.78 Å². The fourth-order valence-electron chi connectivity index (χ4n) is 2.68. The number of benzene rings is 2. The smallest absolute Gasteiger partial charge is 0.212 e. The molecular formula is C20H19NO5S. The van der Waals surface area contributed by atoms with Crippen LogP contribution in [0.3, 0.4) is 0 Å². The summed E-state index contributed by atoms with van der Waals surface area (Å²) in [5, 5.41) is 2.44. The van der Waals surface area contributed by atoms with Gasteiger partial charge >= 0.3 is 0 Å². The molecule has 0 saturated carbocycles. The molecule has 0 aliphatic carbocycles. The van der Waals surface area contributed by atoms with E-state index in [1.54, 1.807) is 24.6 Å². The number of nitrogens with zero attached hydrogens (tertiary/aromatic N) is 1. The Hall–Kier alpha value is -3.06. The fraction of sp³-hybridized carbons (Fsp3) is 0.200. The van der Waals surface area contributed by atoms with Gasteiger partial charge in [-0.25, -0.2) is 4.98 Å². The Morgan fingerprint density at radius 3 is 2.11 bits per heavy atom. The molecule has 140 valence electrons. The zero-order chi connectivity index (χ0) is 19.4. The van der Waals surface area contributed by atoms with Crippen LogP contribution in [0.15, 0.2) is 41.8 Å². The number of rotatable bonds is 7. The van der Waals surface area contributed by atoms with Crippen LogP contribution in [0.2, 0.25) is 0 Å². The monoisotopic (exact) mass is 385 g/mol. The molecule has 0 unspecified atom stereocenters. The topological polar surface area (TPSA) is 66.9 Å². The molecular weight excluding hydrogens is 366 g/mol. The summed E-state index contributed by atoms with van der Waals surface area (Å²) < 4.78 is 21.3. The van der Waals surface area contributed by atoms with Crippen LogP contribution in [0.5, 0.6) is 23.0 Å². The Bertz CT molecular complexity index is 942. The van der Waals surface area contributed by atoms with Crippen LogP contribution in [0, 0.1) is 0 Å². The van der Waals surface area contributed by atoms with Gasteiger partial charge in [0.1, 0.15) is 16.5 Å². The third-order valence-electron chi connectivity index (χ3n) is 4.00. The third kappa shape index (κ3) is 3.59. The molecule has 0 saturated heterocycles. The Kier molecular flexibility index (Phi) is 5.61. The van der Waals surface area contributed by atoms with Gasteiger partial charge in [-0.3, -0.25) is 4.79 Å². The van der Waals surface area contributed by atoms with Gasteiger partial charge in [-0.1, -0.05) is 12.1 Å². The predicted molar refractivity (Wildman–Crippen MR) is 104 cm³/mol. The Morgan fingerprint density at radius 1 is 0.889 bits per heavy atom. The average molecular weight is 385 g/mol. The van der Waals surface area contributed by atoms with E-state index in [0.29, 0.717) is 39.3 Å². The molecule has 1 heterocycles. The van der Waals surface area contributed by atoms with Crippen molar-refractivity contribution in [2.75, 3.05) is 28.4 Å². The van der Waals surface area contributed by atoms with Crippen molar-refractivity contribution < 1.29 is 23.7 Å². The zero-order valence-corrected chi connectivity index (χ0v) is 16.3. The maximum Gasteiger partial charge on any atom is 0.212 e. The van der Waals surface area contributed by atoms with E-state index < -0.39 is 0 Å². The first-order valence-electron chi connectivity index (χ1n) is 8.06. The van der Waals surface area contributed by atoms with Crippen molar-refractivity contribution >= 4 is 17.1 Å². The van der Waals surface area contributed by atoms with Gasteiger partial charge in [0, 0.05) is 10.9 Å². The highest BCUT2D eigenvalue weighted by Crippen LogP contribution is 2.39. The molecule has 0 bridgehead atoms. The van der Waals surface area contributed by atoms with Crippen LogP contribution >= 0.6 is 11.3 Å². The third-order valence-corrected chi connectivity index (χ3v) is 4.88. The number of aromatic nitrogens is 1. The summed E-state index contributed by atoms with van der Waals surface area (Å²) >= 11 is 1.38. The van der Waals surface area contributed by atoms with Gasteiger partial charge in [0.2, 0.25) is 11.5 Å². The van der Waals surface area contributed by atoms with Crippen molar-refractivity contribution in [2.24, 2.45) is 0 Å². The summed E-state index contributed by atoms with van der Waals surface area (Å²) in [6, 6.07) is 10.8. The summed E-state index contributed by atoms with van der Waals surface area (Å²) in [5.41, 5.74) is 1.59. The number of ketones is 1. The first-order chi connectivity index (χ1) is 13.1. The second-order valence-corrected chi connectivity index (χ2v) is 6.34. The number of hydrogen-bond acceptors (Lipinski definition) is 7. The number of carbonyl (C=O) groups excluding carboxylic acids is 1. The van der Waals surface area contributed by atoms with Crippen molar-refractivity contribution in [3.63, 3.8) is 0 Å². The largest absolute Gasteiger partial charge is 0.496 e. The summed E-state index contributed by atoms with van der Waals surface area (Å²) in [6.45, 7) is 0. The summed E-state index contributed by atoms with van der Waals surface area (Å²) in [7, 11) is 6.14. The van der Waals surface area contributed by atoms with E-state index in [2.05, 4.69) is 4.98 Å². The fourth-order valence-corrected chi connectivity index (χ4v) is 3.51. The number of para-hydroxylation sites is 1. The van der Waals surface area contributed by atoms with Gasteiger partial charge < -0.3 is 18.9 Å². The highest BCUT2D eigenvalue weighted by molar-refractivity contribution is 7.13. The lowest BCUT2D eigenvalue weighted by Crippen LogP contribution is -2.04. The standard InChI is InChI=1S/C20H19NO5S/c1-23-15-8-6-5-7-13(15)20-21-14(11-27-20)18(22)12-9-16(24-2)19(26-4)17(10-12)25-3/h5-11H,1-4H3. The molecule has 0 radical (unpaired) electrons. The molecule has 6 nitrogen and oxygen atoms in total. The maximum atomic E-state index is 12.9. The van der Waals surface area contributed by atoms with Gasteiger partial charge in [-0.15, -0.1) is 11.3 Å². The zero-order valence-electron chi connectivity index (χ0n) is 15.4. The number of carbonyl (C=O) groups is 1. The van der Waals surface area contributed by atoms with Crippen molar-refractivity contribution in [2.45, 2.75) is 0 Å². The number of ether oxygens (including phenoxy) is 4. The van der Waals surface area contributed by atoms with E-state index >= 15 is 0 Å². The van der Waals surface area contributed by atoms with Crippen LogP contribution in [-0.4, -0.2) is 39.2 Å². The molecule has 0 fully saturated rings. The number of methoxy groups -OCH3 is 4. The first kappa shape index (κ1) is 18.7. The quantitative estimate of drug-likeness (QED) is 0.571. The minimum Gasteiger partial charge on any atom is -0.496 e. The minimum absolute atomic E-state index is 0.230. The second-order valence-electron chi connectivity index (χ2n) is 5.48. The highest BCUT2D eigenvalue weighted by atomic mass is 32.1. The summed E-state index contributed by atoms with van der Waals surface area (Å²) in [6.07, 6.45) is 0. The molecule has 27 heavy (non-hydrogen) atoms. The maximum absolute atomic E-state index is 12.9. The average Bonchev–Trinajstić information content (AvgIpc) is 3.21. The molecule has 0 N–H and O–H groups in total. The van der Waals surface area contributed by atoms with Gasteiger partial charge in [0.05, 0.1) is 34.0 Å². The van der Waals surface area contributed by atoms with Crippen LogP contribution in [0.4, 0.5) is 0 Å². The molecule has 3 aromatic rings. The lowest BCUT2D eigenvalue weighted by molar-refractivity contribution is 0.103. The summed E-state index contributed by atoms with van der Waals surface area (Å²) in [4.78, 5) is 17.4. The Labute approximate surface area is 161 Å². The number of thiazole rings is 1. The molecule has 0 spiro atoms. The van der Waals surface area contributed by atoms with Crippen molar-refractivity contribution in [1.82, 2.24) is 4.98 Å². The molecule has 3 rings (SSSR count). The molecule has 0 amide bonds. The normalized spacial score (nSPS) is 10.4. The Morgan fingerprint density at radius 2 is 1.52 bits per heavy atom. The molecule has 7 heteroatoms. The van der Waals surface area contributed by atoms with Gasteiger partial charge in [-0.05, 0) is 24.3 Å². The lowest BCUT2D eigenvalue weighted by Gasteiger charge is -2.13. The molecule has 2 aromatic carbocycles. The molecule has 1 aromatic heterocycles. The van der Waals surface area contributed by atoms with Gasteiger partial charge in [-0.2, -0.15) is 0 Å². The highest BCUT2D eigenvalue weighted by Gasteiger charge is 2.20. The van der Waals surface area contributed by atoms with Crippen LogP contribution in [-0.2, 0) is 0 Å². The van der Waals surface area contributed by atoms with E-state index in [9.17, 15) is 4.79 Å². The van der Waals surface area contributed by atoms with E-state index in [4.69, 9.17) is 18.9 Å². The second kappa shape index (κ2) is 8.09. The van der Waals surface area contributed by atoms with Crippen LogP contribution in [0.1, 0.15) is 16.1 Å². The van der Waals surface area contributed by atoms with Gasteiger partial charge in [0.15, 0.2) is 11.5 Å². The first-order valence-corrected chi connectivity index (χ1v) is 8.94. The van der Waals surface area contributed by atoms with Crippen LogP contribution in [0.25, 0.3) is 10.6 Å². The van der Waals surface area contributed by atoms with Gasteiger partial charge in [0.25, 0.3) is 0 Å². The van der Waals surface area contributed by atoms with Crippen molar-refractivity contribution in [1.29, 1.82) is 0 Å². The SMILES string of the molecule is COc1ccccc1-c1nc(C(=O)c2cc(OC)c(OC)c(OC)c2)cs1. The lowest BCUT2D eigenvalue weighted by atomic mass is 10.1.